The molecule has 0 bridgehead atoms. The zero-order valence-electron chi connectivity index (χ0n) is 11.3. The van der Waals surface area contributed by atoms with Crippen molar-refractivity contribution in [2.45, 2.75) is 13.8 Å². The maximum atomic E-state index is 11.4. The predicted octanol–water partition coefficient (Wildman–Crippen LogP) is 3.05. The molecule has 104 valence electrons. The monoisotopic (exact) mass is 273 g/mol. The van der Waals surface area contributed by atoms with Crippen molar-refractivity contribution in [3.8, 4) is 0 Å². The average molecular weight is 273 g/mol. The molecule has 5 nitrogen and oxygen atoms in total. The van der Waals surface area contributed by atoms with Crippen LogP contribution in [-0.4, -0.2) is 28.3 Å². The van der Waals surface area contributed by atoms with Gasteiger partial charge in [-0.2, -0.15) is 0 Å². The third-order valence-corrected chi connectivity index (χ3v) is 3.02. The predicted molar refractivity (Wildman–Crippen MR) is 75.8 cm³/mol. The van der Waals surface area contributed by atoms with Gasteiger partial charge in [-0.1, -0.05) is 18.2 Å². The van der Waals surface area contributed by atoms with Crippen LogP contribution in [0.15, 0.2) is 30.3 Å². The first-order valence-electron chi connectivity index (χ1n) is 6.24. The van der Waals surface area contributed by atoms with E-state index < -0.39 is 12.1 Å². The van der Waals surface area contributed by atoms with E-state index in [1.54, 1.807) is 32.1 Å². The summed E-state index contributed by atoms with van der Waals surface area (Å²) in [5, 5.41) is 10.1. The molecule has 1 aromatic carbocycles. The van der Waals surface area contributed by atoms with Gasteiger partial charge in [-0.05, 0) is 26.0 Å². The summed E-state index contributed by atoms with van der Waals surface area (Å²) in [6, 6.07) is 7.17. The third-order valence-electron chi connectivity index (χ3n) is 3.02. The first-order valence-corrected chi connectivity index (χ1v) is 6.24. The number of carboxylic acid groups (broad SMARTS) is 1. The van der Waals surface area contributed by atoms with Gasteiger partial charge in [0.05, 0.1) is 12.1 Å². The van der Waals surface area contributed by atoms with E-state index in [1.165, 1.54) is 10.6 Å². The number of carbonyl (C=O) groups excluding carboxylic acids is 1. The number of ether oxygens (including phenoxy) is 1. The molecule has 1 aromatic heterocycles. The Bertz CT molecular complexity index is 697. The number of rotatable bonds is 3. The Kier molecular flexibility index (Phi) is 3.89. The molecule has 0 atom stereocenters. The van der Waals surface area contributed by atoms with Gasteiger partial charge >= 0.3 is 12.1 Å². The molecule has 2 rings (SSSR count). The minimum Gasteiger partial charge on any atom is -0.464 e. The molecule has 2 aromatic rings. The lowest BCUT2D eigenvalue weighted by molar-refractivity contribution is -0.137. The van der Waals surface area contributed by atoms with E-state index in [2.05, 4.69) is 0 Å². The van der Waals surface area contributed by atoms with Crippen molar-refractivity contribution >= 4 is 29.0 Å². The van der Waals surface area contributed by atoms with Gasteiger partial charge in [-0.15, -0.1) is 0 Å². The molecule has 0 unspecified atom stereocenters. The summed E-state index contributed by atoms with van der Waals surface area (Å²) in [6.45, 7) is 3.74. The fourth-order valence-corrected chi connectivity index (χ4v) is 2.19. The molecular weight excluding hydrogens is 258 g/mol. The number of aromatic nitrogens is 1. The van der Waals surface area contributed by atoms with E-state index >= 15 is 0 Å². The number of hydrogen-bond acceptors (Lipinski definition) is 3. The number of carbonyl (C=O) groups is 2. The van der Waals surface area contributed by atoms with Gasteiger partial charge in [0.2, 0.25) is 0 Å². The summed E-state index contributed by atoms with van der Waals surface area (Å²) in [7, 11) is 0. The number of nitrogens with zero attached hydrogens (tertiary/aromatic N) is 1. The normalized spacial score (nSPS) is 11.1. The summed E-state index contributed by atoms with van der Waals surface area (Å²) in [5.41, 5.74) is 1.87. The summed E-state index contributed by atoms with van der Waals surface area (Å²) >= 11 is 0. The van der Waals surface area contributed by atoms with Crippen LogP contribution in [0.4, 0.5) is 4.79 Å². The molecule has 1 N–H and O–H groups in total. The molecule has 1 heterocycles. The zero-order chi connectivity index (χ0) is 14.7. The quantitative estimate of drug-likeness (QED) is 0.689. The van der Waals surface area contributed by atoms with Crippen LogP contribution in [0.5, 0.6) is 0 Å². The maximum Gasteiger partial charge on any atom is 0.416 e. The number of fused-ring (bicyclic) bond motifs is 1. The highest BCUT2D eigenvalue weighted by Gasteiger charge is 2.16. The van der Waals surface area contributed by atoms with Gasteiger partial charge in [0.1, 0.15) is 0 Å². The molecule has 0 amide bonds. The lowest BCUT2D eigenvalue weighted by atomic mass is 10.1. The Morgan fingerprint density at radius 1 is 1.35 bits per heavy atom. The summed E-state index contributed by atoms with van der Waals surface area (Å²) in [4.78, 5) is 22.7. The van der Waals surface area contributed by atoms with Crippen molar-refractivity contribution in [2.75, 3.05) is 6.61 Å². The molecule has 5 heteroatoms. The van der Waals surface area contributed by atoms with E-state index in [1.807, 2.05) is 12.1 Å². The molecule has 0 radical (unpaired) electrons. The van der Waals surface area contributed by atoms with Crippen LogP contribution >= 0.6 is 0 Å². The molecule has 0 saturated heterocycles. The van der Waals surface area contributed by atoms with Crippen LogP contribution in [-0.2, 0) is 9.53 Å². The summed E-state index contributed by atoms with van der Waals surface area (Å²) in [5.74, 6) is -0.445. The Labute approximate surface area is 116 Å². The Morgan fingerprint density at radius 2 is 2.05 bits per heavy atom. The Hall–Kier alpha value is -2.56. The van der Waals surface area contributed by atoms with Crippen molar-refractivity contribution in [3.63, 3.8) is 0 Å². The van der Waals surface area contributed by atoms with Crippen LogP contribution in [0.25, 0.3) is 17.0 Å². The first kappa shape index (κ1) is 13.9. The standard InChI is InChI=1S/C15H15NO4/c1-3-20-14(17)9-8-11-10(2)16(15(18)19)13-7-5-4-6-12(11)13/h4-9H,3H2,1-2H3,(H,18,19). The van der Waals surface area contributed by atoms with Gasteiger partial charge in [0.25, 0.3) is 0 Å². The topological polar surface area (TPSA) is 68.5 Å². The lowest BCUT2D eigenvalue weighted by Crippen LogP contribution is -2.09. The van der Waals surface area contributed by atoms with Crippen LogP contribution in [0, 0.1) is 6.92 Å². The number of para-hydroxylation sites is 1. The maximum absolute atomic E-state index is 11.4. The number of esters is 1. The highest BCUT2D eigenvalue weighted by atomic mass is 16.5. The summed E-state index contributed by atoms with van der Waals surface area (Å²) in [6.07, 6.45) is 1.86. The van der Waals surface area contributed by atoms with E-state index in [9.17, 15) is 14.7 Å². The van der Waals surface area contributed by atoms with Crippen LogP contribution in [0.1, 0.15) is 18.2 Å². The van der Waals surface area contributed by atoms with Crippen molar-refractivity contribution in [2.24, 2.45) is 0 Å². The van der Waals surface area contributed by atoms with Crippen molar-refractivity contribution in [3.05, 3.63) is 41.6 Å². The molecule has 0 aliphatic heterocycles. The van der Waals surface area contributed by atoms with Gasteiger partial charge < -0.3 is 9.84 Å². The molecule has 0 spiro atoms. The SMILES string of the molecule is CCOC(=O)C=Cc1c(C)n(C(=O)O)c2ccccc12. The summed E-state index contributed by atoms with van der Waals surface area (Å²) < 4.78 is 6.03. The van der Waals surface area contributed by atoms with Crippen molar-refractivity contribution < 1.29 is 19.4 Å². The molecule has 20 heavy (non-hydrogen) atoms. The van der Waals surface area contributed by atoms with Crippen LogP contribution in [0.3, 0.4) is 0 Å². The van der Waals surface area contributed by atoms with Crippen LogP contribution < -0.4 is 0 Å². The highest BCUT2D eigenvalue weighted by Crippen LogP contribution is 2.26. The Balaban J connectivity index is 2.56. The van der Waals surface area contributed by atoms with Crippen molar-refractivity contribution in [1.82, 2.24) is 4.57 Å². The second-order valence-corrected chi connectivity index (χ2v) is 4.22. The Morgan fingerprint density at radius 3 is 2.70 bits per heavy atom. The molecule has 0 fully saturated rings. The van der Waals surface area contributed by atoms with E-state index in [-0.39, 0.29) is 0 Å². The second-order valence-electron chi connectivity index (χ2n) is 4.22. The third kappa shape index (κ3) is 2.42. The molecular formula is C15H15NO4. The van der Waals surface area contributed by atoms with E-state index in [0.29, 0.717) is 23.4 Å². The number of hydrogen-bond donors (Lipinski definition) is 1. The smallest absolute Gasteiger partial charge is 0.416 e. The zero-order valence-corrected chi connectivity index (χ0v) is 11.3. The van der Waals surface area contributed by atoms with Crippen molar-refractivity contribution in [1.29, 1.82) is 0 Å². The average Bonchev–Trinajstić information content (AvgIpc) is 2.68. The second kappa shape index (κ2) is 5.61. The molecule has 0 aliphatic carbocycles. The first-order chi connectivity index (χ1) is 9.56. The van der Waals surface area contributed by atoms with E-state index in [0.717, 1.165) is 5.39 Å². The minimum atomic E-state index is -1.05. The fourth-order valence-electron chi connectivity index (χ4n) is 2.19. The fraction of sp³-hybridized carbons (Fsp3) is 0.200. The number of benzene rings is 1. The highest BCUT2D eigenvalue weighted by molar-refractivity contribution is 5.99. The lowest BCUT2D eigenvalue weighted by Gasteiger charge is -2.00. The minimum absolute atomic E-state index is 0.305. The van der Waals surface area contributed by atoms with Gasteiger partial charge in [-0.25, -0.2) is 14.2 Å². The van der Waals surface area contributed by atoms with Gasteiger partial charge in [-0.3, -0.25) is 0 Å². The van der Waals surface area contributed by atoms with Crippen LogP contribution in [0.2, 0.25) is 0 Å². The van der Waals surface area contributed by atoms with Gasteiger partial charge in [0, 0.05) is 22.7 Å². The van der Waals surface area contributed by atoms with Gasteiger partial charge in [0.15, 0.2) is 0 Å². The van der Waals surface area contributed by atoms with E-state index in [4.69, 9.17) is 4.74 Å². The molecule has 0 aliphatic rings. The molecule has 0 saturated carbocycles. The largest absolute Gasteiger partial charge is 0.464 e.